The predicted octanol–water partition coefficient (Wildman–Crippen LogP) is 3.40. The number of hydrogen-bond donors (Lipinski definition) is 0. The summed E-state index contributed by atoms with van der Waals surface area (Å²) in [6.07, 6.45) is 3.34. The molecule has 0 heterocycles. The van der Waals surface area contributed by atoms with Gasteiger partial charge in [0.05, 0.1) is 20.3 Å². The molecule has 0 radical (unpaired) electrons. The van der Waals surface area contributed by atoms with Gasteiger partial charge in [-0.1, -0.05) is 36.9 Å². The van der Waals surface area contributed by atoms with Gasteiger partial charge in [-0.3, -0.25) is 9.59 Å². The minimum absolute atomic E-state index is 0.164. The zero-order valence-corrected chi connectivity index (χ0v) is 14.6. The van der Waals surface area contributed by atoms with E-state index in [1.165, 1.54) is 6.92 Å². The van der Waals surface area contributed by atoms with Gasteiger partial charge in [-0.05, 0) is 32.4 Å². The molecule has 0 aliphatic heterocycles. The van der Waals surface area contributed by atoms with Gasteiger partial charge in [0.15, 0.2) is 5.41 Å². The van der Waals surface area contributed by atoms with Crippen LogP contribution in [0, 0.1) is 5.41 Å². The Labute approximate surface area is 142 Å². The van der Waals surface area contributed by atoms with Gasteiger partial charge in [0, 0.05) is 5.56 Å². The highest BCUT2D eigenvalue weighted by Gasteiger charge is 2.46. The fraction of sp³-hybridized carbons (Fsp3) is 0.368. The summed E-state index contributed by atoms with van der Waals surface area (Å²) in [6, 6.07) is 7.39. The van der Waals surface area contributed by atoms with Crippen LogP contribution in [0.1, 0.15) is 26.3 Å². The summed E-state index contributed by atoms with van der Waals surface area (Å²) in [5, 5.41) is 0. The Morgan fingerprint density at radius 1 is 1.12 bits per heavy atom. The molecule has 1 aromatic rings. The Hall–Kier alpha value is -2.56. The first-order valence-corrected chi connectivity index (χ1v) is 7.76. The molecule has 5 heteroatoms. The van der Waals surface area contributed by atoms with Crippen molar-refractivity contribution >= 4 is 18.0 Å². The van der Waals surface area contributed by atoms with Crippen molar-refractivity contribution < 1.29 is 23.8 Å². The number of esters is 2. The second-order valence-corrected chi connectivity index (χ2v) is 5.17. The lowest BCUT2D eigenvalue weighted by Crippen LogP contribution is -2.40. The maximum absolute atomic E-state index is 12.3. The number of carbonyl (C=O) groups is 2. The molecule has 0 spiro atoms. The molecule has 130 valence electrons. The lowest BCUT2D eigenvalue weighted by Gasteiger charge is -2.25. The molecule has 5 nitrogen and oxygen atoms in total. The molecule has 1 aromatic carbocycles. The number of hydrogen-bond acceptors (Lipinski definition) is 5. The van der Waals surface area contributed by atoms with Crippen LogP contribution in [0.4, 0.5) is 0 Å². The maximum Gasteiger partial charge on any atom is 0.327 e. The SMILES string of the molecule is C=C(/C=C/c1ccccc1OC)C(C)(C(=O)OCC)C(=O)OCC. The number of rotatable bonds is 8. The molecule has 0 amide bonds. The number of allylic oxidation sites excluding steroid dienone is 1. The van der Waals surface area contributed by atoms with E-state index in [9.17, 15) is 9.59 Å². The number of para-hydroxylation sites is 1. The largest absolute Gasteiger partial charge is 0.496 e. The second kappa shape index (κ2) is 8.91. The van der Waals surface area contributed by atoms with E-state index in [1.54, 1.807) is 33.1 Å². The molecular formula is C19H24O5. The quantitative estimate of drug-likeness (QED) is 0.415. The van der Waals surface area contributed by atoms with Crippen molar-refractivity contribution in [2.75, 3.05) is 20.3 Å². The third-order valence-corrected chi connectivity index (χ3v) is 3.61. The molecule has 0 aromatic heterocycles. The highest BCUT2D eigenvalue weighted by Crippen LogP contribution is 2.31. The first-order chi connectivity index (χ1) is 11.4. The van der Waals surface area contributed by atoms with E-state index in [0.717, 1.165) is 5.56 Å². The molecule has 0 aliphatic carbocycles. The van der Waals surface area contributed by atoms with Crippen LogP contribution >= 0.6 is 0 Å². The van der Waals surface area contributed by atoms with Gasteiger partial charge in [-0.25, -0.2) is 0 Å². The van der Waals surface area contributed by atoms with Crippen LogP contribution in [-0.4, -0.2) is 32.3 Å². The van der Waals surface area contributed by atoms with Crippen LogP contribution in [0.25, 0.3) is 6.08 Å². The van der Waals surface area contributed by atoms with Crippen LogP contribution in [0.2, 0.25) is 0 Å². The normalized spacial score (nSPS) is 11.2. The van der Waals surface area contributed by atoms with E-state index in [2.05, 4.69) is 6.58 Å². The minimum Gasteiger partial charge on any atom is -0.496 e. The zero-order valence-electron chi connectivity index (χ0n) is 14.6. The molecule has 0 unspecified atom stereocenters. The summed E-state index contributed by atoms with van der Waals surface area (Å²) in [7, 11) is 1.57. The van der Waals surface area contributed by atoms with E-state index in [-0.39, 0.29) is 18.8 Å². The highest BCUT2D eigenvalue weighted by molar-refractivity contribution is 6.03. The highest BCUT2D eigenvalue weighted by atomic mass is 16.6. The fourth-order valence-electron chi connectivity index (χ4n) is 2.06. The fourth-order valence-corrected chi connectivity index (χ4v) is 2.06. The molecular weight excluding hydrogens is 308 g/mol. The van der Waals surface area contributed by atoms with Crippen LogP contribution in [0.15, 0.2) is 42.5 Å². The van der Waals surface area contributed by atoms with E-state index >= 15 is 0 Å². The first kappa shape index (κ1) is 19.5. The van der Waals surface area contributed by atoms with Crippen molar-refractivity contribution in [3.05, 3.63) is 48.1 Å². The molecule has 0 atom stereocenters. The van der Waals surface area contributed by atoms with Gasteiger partial charge in [0.1, 0.15) is 5.75 Å². The molecule has 0 fully saturated rings. The third kappa shape index (κ3) is 4.25. The summed E-state index contributed by atoms with van der Waals surface area (Å²) in [5.41, 5.74) is -0.508. The second-order valence-electron chi connectivity index (χ2n) is 5.17. The molecule has 1 rings (SSSR count). The summed E-state index contributed by atoms with van der Waals surface area (Å²) in [4.78, 5) is 24.6. The first-order valence-electron chi connectivity index (χ1n) is 7.76. The lowest BCUT2D eigenvalue weighted by molar-refractivity contribution is -0.167. The van der Waals surface area contributed by atoms with E-state index in [0.29, 0.717) is 5.75 Å². The standard InChI is InChI=1S/C19H24O5/c1-6-23-17(20)19(4,18(21)24-7-2)14(3)12-13-15-10-8-9-11-16(15)22-5/h8-13H,3,6-7H2,1-2,4-5H3/b13-12+. The average molecular weight is 332 g/mol. The number of methoxy groups -OCH3 is 1. The van der Waals surface area contributed by atoms with Crippen LogP contribution in [0.5, 0.6) is 5.75 Å². The summed E-state index contributed by atoms with van der Waals surface area (Å²) in [6.45, 7) is 9.01. The summed E-state index contributed by atoms with van der Waals surface area (Å²) >= 11 is 0. The van der Waals surface area contributed by atoms with Crippen LogP contribution in [0.3, 0.4) is 0 Å². The Balaban J connectivity index is 3.14. The van der Waals surface area contributed by atoms with Gasteiger partial charge in [0.2, 0.25) is 0 Å². The summed E-state index contributed by atoms with van der Waals surface area (Å²) in [5.74, 6) is -0.688. The van der Waals surface area contributed by atoms with Crippen molar-refractivity contribution in [2.24, 2.45) is 5.41 Å². The van der Waals surface area contributed by atoms with Crippen molar-refractivity contribution in [1.29, 1.82) is 0 Å². The number of benzene rings is 1. The molecule has 0 N–H and O–H groups in total. The smallest absolute Gasteiger partial charge is 0.327 e. The van der Waals surface area contributed by atoms with Gasteiger partial charge >= 0.3 is 11.9 Å². The average Bonchev–Trinajstić information content (AvgIpc) is 2.59. The van der Waals surface area contributed by atoms with E-state index in [4.69, 9.17) is 14.2 Å². The molecule has 0 bridgehead atoms. The van der Waals surface area contributed by atoms with Crippen LogP contribution in [-0.2, 0) is 19.1 Å². The van der Waals surface area contributed by atoms with Crippen molar-refractivity contribution in [2.45, 2.75) is 20.8 Å². The van der Waals surface area contributed by atoms with Gasteiger partial charge in [-0.2, -0.15) is 0 Å². The lowest BCUT2D eigenvalue weighted by atomic mass is 9.82. The van der Waals surface area contributed by atoms with Gasteiger partial charge < -0.3 is 14.2 Å². The van der Waals surface area contributed by atoms with Gasteiger partial charge in [0.25, 0.3) is 0 Å². The van der Waals surface area contributed by atoms with Crippen molar-refractivity contribution in [3.8, 4) is 5.75 Å². The number of carbonyl (C=O) groups excluding carboxylic acids is 2. The topological polar surface area (TPSA) is 61.8 Å². The van der Waals surface area contributed by atoms with Crippen molar-refractivity contribution in [3.63, 3.8) is 0 Å². The van der Waals surface area contributed by atoms with Crippen LogP contribution < -0.4 is 4.74 Å². The Bertz CT molecular complexity index is 612. The van der Waals surface area contributed by atoms with E-state index < -0.39 is 17.4 Å². The monoisotopic (exact) mass is 332 g/mol. The summed E-state index contributed by atoms with van der Waals surface area (Å²) < 4.78 is 15.3. The zero-order chi connectivity index (χ0) is 18.2. The Kier molecular flexibility index (Phi) is 7.24. The molecule has 0 saturated carbocycles. The number of ether oxygens (including phenoxy) is 3. The van der Waals surface area contributed by atoms with E-state index in [1.807, 2.05) is 24.3 Å². The minimum atomic E-state index is -1.59. The molecule has 24 heavy (non-hydrogen) atoms. The van der Waals surface area contributed by atoms with Crippen molar-refractivity contribution in [1.82, 2.24) is 0 Å². The maximum atomic E-state index is 12.3. The predicted molar refractivity (Wildman–Crippen MR) is 92.5 cm³/mol. The molecule has 0 aliphatic rings. The Morgan fingerprint density at radius 2 is 1.67 bits per heavy atom. The Morgan fingerprint density at radius 3 is 2.17 bits per heavy atom. The molecule has 0 saturated heterocycles. The third-order valence-electron chi connectivity index (χ3n) is 3.61. The van der Waals surface area contributed by atoms with Gasteiger partial charge in [-0.15, -0.1) is 0 Å².